The van der Waals surface area contributed by atoms with Crippen molar-refractivity contribution in [1.29, 1.82) is 0 Å². The monoisotopic (exact) mass is 405 g/mol. The average Bonchev–Trinajstić information content (AvgIpc) is 3.15. The molecular formula is C22H23N5OS. The molecule has 1 amide bonds. The fraction of sp³-hybridized carbons (Fsp3) is 0.273. The summed E-state index contributed by atoms with van der Waals surface area (Å²) in [7, 11) is 0. The number of hydrogen-bond acceptors (Lipinski definition) is 5. The zero-order valence-electron chi connectivity index (χ0n) is 16.7. The average molecular weight is 406 g/mol. The molecule has 2 aromatic heterocycles. The lowest BCUT2D eigenvalue weighted by Crippen LogP contribution is -2.37. The van der Waals surface area contributed by atoms with Crippen LogP contribution in [0.5, 0.6) is 0 Å². The minimum Gasteiger partial charge on any atom is -0.353 e. The molecule has 0 bridgehead atoms. The molecule has 0 unspecified atom stereocenters. The first kappa shape index (κ1) is 19.4. The maximum Gasteiger partial charge on any atom is 0.233 e. The first-order valence-electron chi connectivity index (χ1n) is 9.74. The van der Waals surface area contributed by atoms with Gasteiger partial charge >= 0.3 is 0 Å². The second-order valence-electron chi connectivity index (χ2n) is 7.14. The Hall–Kier alpha value is -2.93. The van der Waals surface area contributed by atoms with Gasteiger partial charge in [0.1, 0.15) is 5.82 Å². The summed E-state index contributed by atoms with van der Waals surface area (Å²) in [5, 5.41) is 13.3. The Morgan fingerprint density at radius 2 is 1.79 bits per heavy atom. The van der Waals surface area contributed by atoms with E-state index < -0.39 is 0 Å². The van der Waals surface area contributed by atoms with Gasteiger partial charge in [0.25, 0.3) is 0 Å². The largest absolute Gasteiger partial charge is 0.353 e. The molecule has 0 aliphatic carbocycles. The zero-order chi connectivity index (χ0) is 20.4. The van der Waals surface area contributed by atoms with Gasteiger partial charge in [-0.2, -0.15) is 0 Å². The summed E-state index contributed by atoms with van der Waals surface area (Å²) in [4.78, 5) is 17.5. The van der Waals surface area contributed by atoms with E-state index in [0.717, 1.165) is 27.9 Å². The summed E-state index contributed by atoms with van der Waals surface area (Å²) in [6, 6.07) is 18.0. The van der Waals surface area contributed by atoms with Crippen molar-refractivity contribution < 1.29 is 4.79 Å². The van der Waals surface area contributed by atoms with Crippen LogP contribution in [0.2, 0.25) is 0 Å². The van der Waals surface area contributed by atoms with Crippen LogP contribution in [0.3, 0.4) is 0 Å². The highest BCUT2D eigenvalue weighted by molar-refractivity contribution is 8.00. The quantitative estimate of drug-likeness (QED) is 0.483. The third-order valence-electron chi connectivity index (χ3n) is 4.59. The molecule has 29 heavy (non-hydrogen) atoms. The molecule has 4 rings (SSSR count). The molecule has 2 heterocycles. The van der Waals surface area contributed by atoms with Crippen molar-refractivity contribution >= 4 is 34.2 Å². The topological polar surface area (TPSA) is 72.2 Å². The van der Waals surface area contributed by atoms with E-state index in [0.29, 0.717) is 11.6 Å². The molecule has 0 radical (unpaired) electrons. The van der Waals surface area contributed by atoms with E-state index in [-0.39, 0.29) is 17.2 Å². The summed E-state index contributed by atoms with van der Waals surface area (Å²) in [5.41, 5.74) is 2.59. The Balaban J connectivity index is 1.87. The molecule has 0 fully saturated rings. The van der Waals surface area contributed by atoms with Gasteiger partial charge in [-0.1, -0.05) is 61.2 Å². The van der Waals surface area contributed by atoms with E-state index in [1.165, 1.54) is 11.8 Å². The number of hydrogen-bond donors (Lipinski definition) is 1. The molecule has 148 valence electrons. The van der Waals surface area contributed by atoms with Crippen LogP contribution < -0.4 is 5.32 Å². The number of amides is 1. The standard InChI is InChI=1S/C22H23N5OS/c1-4-18(21(28)23-14(2)3)29-22-26-25-20-16-12-8-9-13-17(16)24-19(27(20)22)15-10-6-5-7-11-15/h5-14,18H,4H2,1-3H3,(H,23,28)/t18-/m0/s1. The van der Waals surface area contributed by atoms with Crippen LogP contribution in [-0.2, 0) is 4.79 Å². The number of nitrogens with one attached hydrogen (secondary N) is 1. The summed E-state index contributed by atoms with van der Waals surface area (Å²) in [6.45, 7) is 5.93. The Morgan fingerprint density at radius 3 is 2.52 bits per heavy atom. The first-order chi connectivity index (χ1) is 14.1. The van der Waals surface area contributed by atoms with Crippen molar-refractivity contribution in [1.82, 2.24) is 24.9 Å². The van der Waals surface area contributed by atoms with Crippen LogP contribution >= 0.6 is 11.8 Å². The molecule has 4 aromatic rings. The van der Waals surface area contributed by atoms with Crippen molar-refractivity contribution in [2.75, 3.05) is 0 Å². The van der Waals surface area contributed by atoms with Crippen LogP contribution in [0.25, 0.3) is 27.9 Å². The number of fused-ring (bicyclic) bond motifs is 3. The maximum atomic E-state index is 12.6. The molecule has 0 aliphatic rings. The molecule has 1 N–H and O–H groups in total. The lowest BCUT2D eigenvalue weighted by molar-refractivity contribution is -0.121. The summed E-state index contributed by atoms with van der Waals surface area (Å²) < 4.78 is 1.97. The number of para-hydroxylation sites is 1. The SMILES string of the molecule is CC[C@H](Sc1nnc2c3ccccc3nc(-c3ccccc3)n12)C(=O)NC(C)C. The van der Waals surface area contributed by atoms with Crippen LogP contribution in [0.15, 0.2) is 59.8 Å². The molecule has 7 heteroatoms. The molecule has 0 spiro atoms. The molecule has 1 atom stereocenters. The summed E-state index contributed by atoms with van der Waals surface area (Å²) >= 11 is 1.43. The van der Waals surface area contributed by atoms with Crippen molar-refractivity contribution in [3.8, 4) is 11.4 Å². The van der Waals surface area contributed by atoms with Gasteiger partial charge in [-0.25, -0.2) is 4.98 Å². The lowest BCUT2D eigenvalue weighted by Gasteiger charge is -2.16. The summed E-state index contributed by atoms with van der Waals surface area (Å²) in [5.74, 6) is 0.783. The fourth-order valence-corrected chi connectivity index (χ4v) is 4.21. The van der Waals surface area contributed by atoms with Gasteiger partial charge in [-0.05, 0) is 32.4 Å². The normalized spacial score (nSPS) is 12.6. The smallest absolute Gasteiger partial charge is 0.233 e. The first-order valence-corrected chi connectivity index (χ1v) is 10.6. The number of carbonyl (C=O) groups excluding carboxylic acids is 1. The molecule has 6 nitrogen and oxygen atoms in total. The number of aromatic nitrogens is 4. The van der Waals surface area contributed by atoms with Gasteiger partial charge < -0.3 is 5.32 Å². The highest BCUT2D eigenvalue weighted by atomic mass is 32.2. The lowest BCUT2D eigenvalue weighted by atomic mass is 10.2. The van der Waals surface area contributed by atoms with Crippen LogP contribution in [0.4, 0.5) is 0 Å². The van der Waals surface area contributed by atoms with Gasteiger partial charge in [0.2, 0.25) is 5.91 Å². The Morgan fingerprint density at radius 1 is 1.07 bits per heavy atom. The van der Waals surface area contributed by atoms with Crippen LogP contribution in [0, 0.1) is 0 Å². The zero-order valence-corrected chi connectivity index (χ0v) is 17.5. The molecule has 0 aliphatic heterocycles. The highest BCUT2D eigenvalue weighted by Crippen LogP contribution is 2.31. The maximum absolute atomic E-state index is 12.6. The fourth-order valence-electron chi connectivity index (χ4n) is 3.24. The van der Waals surface area contributed by atoms with E-state index >= 15 is 0 Å². The van der Waals surface area contributed by atoms with E-state index in [2.05, 4.69) is 15.5 Å². The van der Waals surface area contributed by atoms with Crippen molar-refractivity contribution in [2.45, 2.75) is 43.6 Å². The predicted molar refractivity (Wildman–Crippen MR) is 117 cm³/mol. The third-order valence-corrected chi connectivity index (χ3v) is 5.90. The van der Waals surface area contributed by atoms with E-state index in [4.69, 9.17) is 4.98 Å². The van der Waals surface area contributed by atoms with Gasteiger partial charge in [-0.3, -0.25) is 9.20 Å². The number of benzene rings is 2. The van der Waals surface area contributed by atoms with E-state index in [1.807, 2.05) is 79.8 Å². The predicted octanol–water partition coefficient (Wildman–Crippen LogP) is 4.34. The Bertz CT molecular complexity index is 1160. The molecular weight excluding hydrogens is 382 g/mol. The van der Waals surface area contributed by atoms with E-state index in [1.54, 1.807) is 0 Å². The highest BCUT2D eigenvalue weighted by Gasteiger charge is 2.23. The number of rotatable bonds is 6. The molecule has 0 saturated heterocycles. The van der Waals surface area contributed by atoms with Gasteiger partial charge in [-0.15, -0.1) is 10.2 Å². The van der Waals surface area contributed by atoms with E-state index in [9.17, 15) is 4.79 Å². The number of thioether (sulfide) groups is 1. The van der Waals surface area contributed by atoms with Gasteiger partial charge in [0.15, 0.2) is 10.8 Å². The third kappa shape index (κ3) is 3.82. The molecule has 0 saturated carbocycles. The number of nitrogens with zero attached hydrogens (tertiary/aromatic N) is 4. The number of carbonyl (C=O) groups is 1. The molecule has 2 aromatic carbocycles. The van der Waals surface area contributed by atoms with Gasteiger partial charge in [0.05, 0.1) is 10.8 Å². The van der Waals surface area contributed by atoms with Crippen molar-refractivity contribution in [3.63, 3.8) is 0 Å². The van der Waals surface area contributed by atoms with Crippen LogP contribution in [-0.4, -0.2) is 36.8 Å². The Labute approximate surface area is 173 Å². The second-order valence-corrected chi connectivity index (χ2v) is 8.31. The minimum absolute atomic E-state index is 0.0132. The minimum atomic E-state index is -0.250. The summed E-state index contributed by atoms with van der Waals surface area (Å²) in [6.07, 6.45) is 0.694. The van der Waals surface area contributed by atoms with Crippen molar-refractivity contribution in [3.05, 3.63) is 54.6 Å². The van der Waals surface area contributed by atoms with Crippen LogP contribution in [0.1, 0.15) is 27.2 Å². The second kappa shape index (κ2) is 8.21. The van der Waals surface area contributed by atoms with Gasteiger partial charge in [0, 0.05) is 17.0 Å². The Kier molecular flexibility index (Phi) is 5.49. The van der Waals surface area contributed by atoms with Crippen molar-refractivity contribution in [2.24, 2.45) is 0 Å².